The third kappa shape index (κ3) is 5.29. The summed E-state index contributed by atoms with van der Waals surface area (Å²) in [5.41, 5.74) is 2.83. The standard InChI is InChI=1S/C23H25FN2O3/c24-18-8-6-16(7-9-18)14-25-15-23-21(27)11-10-20(28-23)12-19-13-22(29-26-19)17-4-2-1-3-5-17/h1-9,13,20-21,23,25,27H,10-12,14-15H2/t20-,21-,23+/m0/s1. The van der Waals surface area contributed by atoms with Gasteiger partial charge in [-0.2, -0.15) is 0 Å². The second kappa shape index (κ2) is 9.31. The smallest absolute Gasteiger partial charge is 0.167 e. The van der Waals surface area contributed by atoms with Crippen molar-refractivity contribution < 1.29 is 18.8 Å². The van der Waals surface area contributed by atoms with Crippen LogP contribution in [0.25, 0.3) is 11.3 Å². The number of aliphatic hydroxyl groups excluding tert-OH is 1. The maximum Gasteiger partial charge on any atom is 0.167 e. The molecule has 1 aliphatic heterocycles. The molecule has 152 valence electrons. The molecule has 0 radical (unpaired) electrons. The highest BCUT2D eigenvalue weighted by atomic mass is 19.1. The summed E-state index contributed by atoms with van der Waals surface area (Å²) in [6.45, 7) is 1.13. The van der Waals surface area contributed by atoms with Crippen molar-refractivity contribution in [2.24, 2.45) is 0 Å². The van der Waals surface area contributed by atoms with Crippen LogP contribution >= 0.6 is 0 Å². The molecular formula is C23H25FN2O3. The van der Waals surface area contributed by atoms with Gasteiger partial charge in [0, 0.05) is 31.1 Å². The fraction of sp³-hybridized carbons (Fsp3) is 0.348. The summed E-state index contributed by atoms with van der Waals surface area (Å²) in [7, 11) is 0. The number of hydrogen-bond acceptors (Lipinski definition) is 5. The molecule has 0 unspecified atom stereocenters. The van der Waals surface area contributed by atoms with E-state index in [-0.39, 0.29) is 18.0 Å². The highest BCUT2D eigenvalue weighted by Gasteiger charge is 2.30. The molecule has 0 amide bonds. The van der Waals surface area contributed by atoms with Gasteiger partial charge >= 0.3 is 0 Å². The first-order valence-corrected chi connectivity index (χ1v) is 9.97. The lowest BCUT2D eigenvalue weighted by Crippen LogP contribution is -2.45. The highest BCUT2D eigenvalue weighted by Crippen LogP contribution is 2.25. The van der Waals surface area contributed by atoms with Crippen molar-refractivity contribution in [3.63, 3.8) is 0 Å². The van der Waals surface area contributed by atoms with Crippen molar-refractivity contribution >= 4 is 0 Å². The largest absolute Gasteiger partial charge is 0.390 e. The van der Waals surface area contributed by atoms with Crippen molar-refractivity contribution in [2.45, 2.75) is 44.1 Å². The Morgan fingerprint density at radius 2 is 1.86 bits per heavy atom. The van der Waals surface area contributed by atoms with E-state index in [0.717, 1.165) is 29.0 Å². The van der Waals surface area contributed by atoms with Gasteiger partial charge < -0.3 is 19.7 Å². The SMILES string of the molecule is O[C@H]1CC[C@@H](Cc2cc(-c3ccccc3)on2)O[C@@H]1CNCc1ccc(F)cc1. The number of benzene rings is 2. The van der Waals surface area contributed by atoms with Crippen LogP contribution in [0.4, 0.5) is 4.39 Å². The number of nitrogens with one attached hydrogen (secondary N) is 1. The number of rotatable bonds is 7. The fourth-order valence-electron chi connectivity index (χ4n) is 3.62. The van der Waals surface area contributed by atoms with Crippen LogP contribution in [0.3, 0.4) is 0 Å². The van der Waals surface area contributed by atoms with Crippen LogP contribution in [0.2, 0.25) is 0 Å². The zero-order valence-electron chi connectivity index (χ0n) is 16.1. The lowest BCUT2D eigenvalue weighted by Gasteiger charge is -2.34. The van der Waals surface area contributed by atoms with Crippen LogP contribution in [0.5, 0.6) is 0 Å². The lowest BCUT2D eigenvalue weighted by atomic mass is 9.98. The van der Waals surface area contributed by atoms with E-state index in [1.165, 1.54) is 12.1 Å². The first-order chi connectivity index (χ1) is 14.2. The molecule has 1 saturated heterocycles. The van der Waals surface area contributed by atoms with E-state index in [2.05, 4.69) is 10.5 Å². The molecule has 0 spiro atoms. The quantitative estimate of drug-likeness (QED) is 0.637. The number of nitrogens with zero attached hydrogens (tertiary/aromatic N) is 1. The number of aromatic nitrogens is 1. The molecule has 5 nitrogen and oxygen atoms in total. The highest BCUT2D eigenvalue weighted by molar-refractivity contribution is 5.56. The summed E-state index contributed by atoms with van der Waals surface area (Å²) in [4.78, 5) is 0. The van der Waals surface area contributed by atoms with Crippen molar-refractivity contribution in [1.29, 1.82) is 0 Å². The Balaban J connectivity index is 1.29. The summed E-state index contributed by atoms with van der Waals surface area (Å²) in [6, 6.07) is 18.2. The van der Waals surface area contributed by atoms with E-state index in [1.54, 1.807) is 12.1 Å². The Bertz CT molecular complexity index is 898. The van der Waals surface area contributed by atoms with Crippen molar-refractivity contribution in [3.05, 3.63) is 77.7 Å². The minimum Gasteiger partial charge on any atom is -0.390 e. The first kappa shape index (κ1) is 19.8. The van der Waals surface area contributed by atoms with Gasteiger partial charge in [-0.25, -0.2) is 4.39 Å². The third-order valence-corrected chi connectivity index (χ3v) is 5.22. The van der Waals surface area contributed by atoms with Crippen LogP contribution in [-0.4, -0.2) is 35.1 Å². The van der Waals surface area contributed by atoms with Gasteiger partial charge in [-0.3, -0.25) is 0 Å². The predicted molar refractivity (Wildman–Crippen MR) is 108 cm³/mol. The van der Waals surface area contributed by atoms with Crippen LogP contribution < -0.4 is 5.32 Å². The van der Waals surface area contributed by atoms with Gasteiger partial charge in [0.2, 0.25) is 0 Å². The third-order valence-electron chi connectivity index (χ3n) is 5.22. The lowest BCUT2D eigenvalue weighted by molar-refractivity contribution is -0.115. The molecular weight excluding hydrogens is 371 g/mol. The first-order valence-electron chi connectivity index (χ1n) is 9.97. The number of hydrogen-bond donors (Lipinski definition) is 2. The van der Waals surface area contributed by atoms with Gasteiger partial charge in [0.25, 0.3) is 0 Å². The van der Waals surface area contributed by atoms with Gasteiger partial charge in [0.15, 0.2) is 5.76 Å². The molecule has 3 atom stereocenters. The van der Waals surface area contributed by atoms with E-state index in [0.29, 0.717) is 25.9 Å². The second-order valence-electron chi connectivity index (χ2n) is 7.45. The van der Waals surface area contributed by atoms with Gasteiger partial charge in [0.05, 0.1) is 24.0 Å². The molecule has 6 heteroatoms. The van der Waals surface area contributed by atoms with E-state index < -0.39 is 6.10 Å². The van der Waals surface area contributed by atoms with Crippen LogP contribution in [0, 0.1) is 5.82 Å². The summed E-state index contributed by atoms with van der Waals surface area (Å²) in [5, 5.41) is 17.8. The minimum atomic E-state index is -0.496. The molecule has 1 aliphatic rings. The summed E-state index contributed by atoms with van der Waals surface area (Å²) >= 11 is 0. The zero-order valence-corrected chi connectivity index (χ0v) is 16.1. The molecule has 29 heavy (non-hydrogen) atoms. The Labute approximate surface area is 169 Å². The molecule has 2 aromatic carbocycles. The second-order valence-corrected chi connectivity index (χ2v) is 7.45. The van der Waals surface area contributed by atoms with Crippen LogP contribution in [0.1, 0.15) is 24.1 Å². The summed E-state index contributed by atoms with van der Waals surface area (Å²) in [6.07, 6.45) is 1.33. The Morgan fingerprint density at radius 1 is 1.07 bits per heavy atom. The van der Waals surface area contributed by atoms with Gasteiger partial charge in [0.1, 0.15) is 5.82 Å². The van der Waals surface area contributed by atoms with Gasteiger partial charge in [-0.15, -0.1) is 0 Å². The molecule has 1 aromatic heterocycles. The summed E-state index contributed by atoms with van der Waals surface area (Å²) < 4.78 is 24.6. The van der Waals surface area contributed by atoms with Crippen molar-refractivity contribution in [1.82, 2.24) is 10.5 Å². The minimum absolute atomic E-state index is 0.00950. The Hall–Kier alpha value is -2.54. The monoisotopic (exact) mass is 396 g/mol. The predicted octanol–water partition coefficient (Wildman–Crippen LogP) is 3.72. The molecule has 2 N–H and O–H groups in total. The topological polar surface area (TPSA) is 67.5 Å². The number of aliphatic hydroxyl groups is 1. The maximum atomic E-state index is 13.0. The molecule has 1 fully saturated rings. The Kier molecular flexibility index (Phi) is 6.34. The molecule has 3 aromatic rings. The zero-order chi connectivity index (χ0) is 20.1. The molecule has 0 saturated carbocycles. The molecule has 4 rings (SSSR count). The van der Waals surface area contributed by atoms with E-state index in [1.807, 2.05) is 36.4 Å². The number of halogens is 1. The maximum absolute atomic E-state index is 13.0. The van der Waals surface area contributed by atoms with Crippen molar-refractivity contribution in [2.75, 3.05) is 6.54 Å². The van der Waals surface area contributed by atoms with Gasteiger partial charge in [-0.1, -0.05) is 47.6 Å². The van der Waals surface area contributed by atoms with Crippen molar-refractivity contribution in [3.8, 4) is 11.3 Å². The van der Waals surface area contributed by atoms with E-state index >= 15 is 0 Å². The average Bonchev–Trinajstić information content (AvgIpc) is 3.21. The van der Waals surface area contributed by atoms with Crippen LogP contribution in [-0.2, 0) is 17.7 Å². The van der Waals surface area contributed by atoms with E-state index in [9.17, 15) is 9.50 Å². The molecule has 0 bridgehead atoms. The average molecular weight is 396 g/mol. The Morgan fingerprint density at radius 3 is 2.66 bits per heavy atom. The summed E-state index contributed by atoms with van der Waals surface area (Å²) in [5.74, 6) is 0.500. The molecule has 0 aliphatic carbocycles. The number of ether oxygens (including phenoxy) is 1. The van der Waals surface area contributed by atoms with E-state index in [4.69, 9.17) is 9.26 Å². The fourth-order valence-corrected chi connectivity index (χ4v) is 3.62. The van der Waals surface area contributed by atoms with Gasteiger partial charge in [-0.05, 0) is 30.5 Å². The van der Waals surface area contributed by atoms with Crippen LogP contribution in [0.15, 0.2) is 65.2 Å². The molecule has 2 heterocycles. The normalized spacial score (nSPS) is 21.9.